The van der Waals surface area contributed by atoms with Gasteiger partial charge in [0, 0.05) is 38.4 Å². The molecule has 0 amide bonds. The number of nitrogens with zero attached hydrogens (tertiary/aromatic N) is 7. The van der Waals surface area contributed by atoms with Crippen molar-refractivity contribution < 1.29 is 14.3 Å². The van der Waals surface area contributed by atoms with Gasteiger partial charge in [0.1, 0.15) is 40.9 Å². The summed E-state index contributed by atoms with van der Waals surface area (Å²) in [6.07, 6.45) is 6.25. The van der Waals surface area contributed by atoms with Gasteiger partial charge in [0.2, 0.25) is 0 Å². The fraction of sp³-hybridized carbons (Fsp3) is 0.286. The predicted molar refractivity (Wildman–Crippen MR) is 163 cm³/mol. The van der Waals surface area contributed by atoms with Gasteiger partial charge in [-0.1, -0.05) is 30.1 Å². The number of pyridine rings is 1. The molecule has 0 aliphatic carbocycles. The predicted octanol–water partition coefficient (Wildman–Crippen LogP) is 5.06. The topological polar surface area (TPSA) is 131 Å². The summed E-state index contributed by atoms with van der Waals surface area (Å²) in [5, 5.41) is 6.54. The van der Waals surface area contributed by atoms with Crippen LogP contribution < -0.4 is 20.3 Å². The minimum absolute atomic E-state index is 0.0454. The highest BCUT2D eigenvalue weighted by Gasteiger charge is 2.23. The number of ether oxygens (including phenoxy) is 2. The van der Waals surface area contributed by atoms with Gasteiger partial charge in [-0.15, -0.1) is 0 Å². The van der Waals surface area contributed by atoms with E-state index in [4.69, 9.17) is 32.7 Å². The fourth-order valence-corrected chi connectivity index (χ4v) is 5.13. The van der Waals surface area contributed by atoms with Crippen molar-refractivity contribution in [3.8, 4) is 17.0 Å². The molecule has 14 heteroatoms. The third kappa shape index (κ3) is 6.30. The molecule has 1 aromatic carbocycles. The van der Waals surface area contributed by atoms with E-state index in [1.165, 1.54) is 32.9 Å². The second-order valence-corrected chi connectivity index (χ2v) is 10.0. The van der Waals surface area contributed by atoms with Crippen LogP contribution in [0.1, 0.15) is 17.3 Å². The first-order valence-corrected chi connectivity index (χ1v) is 13.9. The molecular weight excluding hydrogens is 581 g/mol. The fourth-order valence-electron chi connectivity index (χ4n) is 4.54. The summed E-state index contributed by atoms with van der Waals surface area (Å²) in [5.41, 5.74) is 2.43. The molecule has 0 atom stereocenters. The zero-order valence-electron chi connectivity index (χ0n) is 23.3. The number of nitrogens with one attached hydrogen (secondary N) is 2. The monoisotopic (exact) mass is 609 g/mol. The molecule has 1 aliphatic rings. The average Bonchev–Trinajstić information content (AvgIpc) is 3.03. The summed E-state index contributed by atoms with van der Waals surface area (Å²) >= 11 is 13.1. The Morgan fingerprint density at radius 3 is 2.43 bits per heavy atom. The van der Waals surface area contributed by atoms with Crippen LogP contribution >= 0.6 is 23.2 Å². The van der Waals surface area contributed by atoms with Crippen molar-refractivity contribution in [2.45, 2.75) is 6.92 Å². The molecule has 4 aromatic rings. The molecule has 42 heavy (non-hydrogen) atoms. The van der Waals surface area contributed by atoms with Gasteiger partial charge in [0.05, 0.1) is 53.6 Å². The number of aromatic nitrogens is 5. The highest BCUT2D eigenvalue weighted by molar-refractivity contribution is 6.42. The third-order valence-corrected chi connectivity index (χ3v) is 7.65. The minimum Gasteiger partial charge on any atom is -0.495 e. The van der Waals surface area contributed by atoms with Crippen LogP contribution in [0, 0.1) is 0 Å². The smallest absolute Gasteiger partial charge is 0.339 e. The SMILES string of the molecule is CCN1CCN(c2ccc(Nc3cc(-c4cncnc4Nc4c(Cl)c(OC)cc(C(=O)OC)c4Cl)ncn3)nc2)CC1. The maximum atomic E-state index is 12.3. The van der Waals surface area contributed by atoms with E-state index in [2.05, 4.69) is 58.3 Å². The summed E-state index contributed by atoms with van der Waals surface area (Å²) in [6.45, 7) is 7.30. The molecule has 0 radical (unpaired) electrons. The van der Waals surface area contributed by atoms with Gasteiger partial charge in [0.15, 0.2) is 0 Å². The number of carbonyl (C=O) groups is 1. The van der Waals surface area contributed by atoms with Crippen LogP contribution in [-0.4, -0.2) is 82.7 Å². The molecule has 0 unspecified atom stereocenters. The lowest BCUT2D eigenvalue weighted by atomic mass is 10.1. The van der Waals surface area contributed by atoms with Crippen LogP contribution in [0.25, 0.3) is 11.3 Å². The Kier molecular flexibility index (Phi) is 9.15. The van der Waals surface area contributed by atoms with E-state index in [9.17, 15) is 4.79 Å². The zero-order valence-corrected chi connectivity index (χ0v) is 24.8. The van der Waals surface area contributed by atoms with Crippen LogP contribution in [0.4, 0.5) is 28.8 Å². The van der Waals surface area contributed by atoms with Gasteiger partial charge in [-0.25, -0.2) is 29.7 Å². The van der Waals surface area contributed by atoms with E-state index < -0.39 is 5.97 Å². The first kappa shape index (κ1) is 29.2. The highest BCUT2D eigenvalue weighted by atomic mass is 35.5. The van der Waals surface area contributed by atoms with E-state index in [1.54, 1.807) is 12.3 Å². The molecule has 0 saturated carbocycles. The van der Waals surface area contributed by atoms with E-state index in [0.29, 0.717) is 28.7 Å². The van der Waals surface area contributed by atoms with E-state index in [0.717, 1.165) is 38.4 Å². The minimum atomic E-state index is -0.645. The second kappa shape index (κ2) is 13.1. The first-order valence-electron chi connectivity index (χ1n) is 13.2. The number of hydrogen-bond donors (Lipinski definition) is 2. The second-order valence-electron chi connectivity index (χ2n) is 9.27. The Morgan fingerprint density at radius 2 is 1.74 bits per heavy atom. The quantitative estimate of drug-likeness (QED) is 0.246. The lowest BCUT2D eigenvalue weighted by Gasteiger charge is -2.35. The Labute approximate surface area is 253 Å². The molecule has 218 valence electrons. The highest BCUT2D eigenvalue weighted by Crippen LogP contribution is 2.43. The molecule has 3 aromatic heterocycles. The van der Waals surface area contributed by atoms with Crippen molar-refractivity contribution in [1.82, 2.24) is 29.8 Å². The van der Waals surface area contributed by atoms with Crippen molar-refractivity contribution in [2.24, 2.45) is 0 Å². The first-order chi connectivity index (χ1) is 20.4. The third-order valence-electron chi connectivity index (χ3n) is 6.88. The number of piperazine rings is 1. The number of methoxy groups -OCH3 is 2. The van der Waals surface area contributed by atoms with Crippen molar-refractivity contribution >= 4 is 58.0 Å². The molecule has 4 heterocycles. The summed E-state index contributed by atoms with van der Waals surface area (Å²) in [4.78, 5) is 39.0. The largest absolute Gasteiger partial charge is 0.495 e. The molecule has 1 aliphatic heterocycles. The number of rotatable bonds is 9. The average molecular weight is 611 g/mol. The normalized spacial score (nSPS) is 13.5. The van der Waals surface area contributed by atoms with Gasteiger partial charge in [-0.05, 0) is 24.7 Å². The summed E-state index contributed by atoms with van der Waals surface area (Å²) < 4.78 is 10.2. The summed E-state index contributed by atoms with van der Waals surface area (Å²) in [6, 6.07) is 7.14. The number of halogens is 2. The van der Waals surface area contributed by atoms with Crippen molar-refractivity contribution in [2.75, 3.05) is 62.5 Å². The Balaban J connectivity index is 1.38. The Morgan fingerprint density at radius 1 is 0.929 bits per heavy atom. The summed E-state index contributed by atoms with van der Waals surface area (Å²) in [5.74, 6) is 1.09. The van der Waals surface area contributed by atoms with Gasteiger partial charge in [-0.2, -0.15) is 0 Å². The number of anilines is 5. The molecule has 1 fully saturated rings. The number of esters is 1. The van der Waals surface area contributed by atoms with Crippen LogP contribution in [0.5, 0.6) is 5.75 Å². The van der Waals surface area contributed by atoms with Crippen LogP contribution in [0.15, 0.2) is 49.3 Å². The maximum Gasteiger partial charge on any atom is 0.339 e. The van der Waals surface area contributed by atoms with E-state index >= 15 is 0 Å². The maximum absolute atomic E-state index is 12.3. The molecule has 0 spiro atoms. The van der Waals surface area contributed by atoms with E-state index in [1.807, 2.05) is 12.3 Å². The molecular formula is C28H29Cl2N9O3. The Hall–Kier alpha value is -4.26. The lowest BCUT2D eigenvalue weighted by molar-refractivity contribution is 0.0600. The molecule has 1 saturated heterocycles. The standard InChI is InChI=1S/C28H29Cl2N9O3/c1-4-38-7-9-39(10-8-38)17-5-6-22(32-13-17)36-23-12-20(33-16-34-23)19-14-31-15-35-27(19)37-26-24(29)18(28(40)42-3)11-21(41-2)25(26)30/h5-6,11-16H,4,7-10H2,1-3H3,(H,31,35,37)(H,32,33,34,36). The molecule has 12 nitrogen and oxygen atoms in total. The summed E-state index contributed by atoms with van der Waals surface area (Å²) in [7, 11) is 2.69. The van der Waals surface area contributed by atoms with E-state index in [-0.39, 0.29) is 27.0 Å². The Bertz CT molecular complexity index is 1570. The lowest BCUT2D eigenvalue weighted by Crippen LogP contribution is -2.46. The van der Waals surface area contributed by atoms with Gasteiger partial charge in [0.25, 0.3) is 0 Å². The van der Waals surface area contributed by atoms with Gasteiger partial charge >= 0.3 is 5.97 Å². The molecule has 0 bridgehead atoms. The van der Waals surface area contributed by atoms with Crippen molar-refractivity contribution in [1.29, 1.82) is 0 Å². The van der Waals surface area contributed by atoms with Crippen LogP contribution in [0.2, 0.25) is 10.0 Å². The number of benzene rings is 1. The van der Waals surface area contributed by atoms with Crippen molar-refractivity contribution in [3.63, 3.8) is 0 Å². The number of carbonyl (C=O) groups excluding carboxylic acids is 1. The van der Waals surface area contributed by atoms with Crippen molar-refractivity contribution in [3.05, 3.63) is 64.9 Å². The van der Waals surface area contributed by atoms with Gasteiger partial charge in [-0.3, -0.25) is 0 Å². The van der Waals surface area contributed by atoms with Crippen LogP contribution in [0.3, 0.4) is 0 Å². The number of hydrogen-bond acceptors (Lipinski definition) is 12. The number of likely N-dealkylation sites (N-methyl/N-ethyl adjacent to an activating group) is 1. The molecule has 2 N–H and O–H groups in total. The zero-order chi connectivity index (χ0) is 29.6. The van der Waals surface area contributed by atoms with Crippen LogP contribution in [-0.2, 0) is 4.74 Å². The van der Waals surface area contributed by atoms with Gasteiger partial charge < -0.3 is 29.9 Å². The molecule has 5 rings (SSSR count).